The first-order chi connectivity index (χ1) is 16.2. The van der Waals surface area contributed by atoms with Gasteiger partial charge in [0.15, 0.2) is 0 Å². The monoisotopic (exact) mass is 582 g/mol. The Morgan fingerprint density at radius 2 is 1.28 bits per heavy atom. The maximum atomic E-state index is 13.1. The Morgan fingerprint density at radius 3 is 1.72 bits per heavy atom. The number of fused-ring (bicyclic) bond motifs is 1. The Balaban J connectivity index is 2.43. The molecule has 0 spiro atoms. The Hall–Kier alpha value is -3.20. The first-order valence-electron chi connectivity index (χ1n) is 9.04. The van der Waals surface area contributed by atoms with Crippen LogP contribution in [0.5, 0.6) is 0 Å². The van der Waals surface area contributed by atoms with Crippen LogP contribution in [0.4, 0.5) is 11.4 Å². The molecule has 0 unspecified atom stereocenters. The zero-order valence-corrected chi connectivity index (χ0v) is 20.8. The van der Waals surface area contributed by atoms with Gasteiger partial charge >= 0.3 is 0 Å². The Morgan fingerprint density at radius 1 is 0.750 bits per heavy atom. The summed E-state index contributed by atoms with van der Waals surface area (Å²) in [6, 6.07) is 4.57. The summed E-state index contributed by atoms with van der Waals surface area (Å²) < 4.78 is 127. The number of nitrogens with zero attached hydrogens (tertiary/aromatic N) is 1. The van der Waals surface area contributed by atoms with Gasteiger partial charge in [-0.3, -0.25) is 28.5 Å². The van der Waals surface area contributed by atoms with Gasteiger partial charge in [-0.15, -0.1) is 0 Å². The van der Waals surface area contributed by atoms with Gasteiger partial charge in [-0.05, 0) is 48.2 Å². The van der Waals surface area contributed by atoms with Crippen LogP contribution in [0.15, 0.2) is 62.0 Å². The molecule has 0 saturated heterocycles. The number of hydrogen-bond acceptors (Lipinski definition) is 10. The lowest BCUT2D eigenvalue weighted by Gasteiger charge is -2.16. The minimum absolute atomic E-state index is 0.129. The SMILES string of the molecule is Cc1cc([N+](=O)[O-])ccc1S(=O)(=O)Nc1cc(S(=O)(=O)O)cc2cc(S(=O)(=O)O)cc(S(=O)(=O)O)c12. The van der Waals surface area contributed by atoms with Crippen LogP contribution < -0.4 is 4.72 Å². The van der Waals surface area contributed by atoms with Gasteiger partial charge in [0, 0.05) is 17.5 Å². The van der Waals surface area contributed by atoms with Crippen molar-refractivity contribution in [2.45, 2.75) is 26.5 Å². The van der Waals surface area contributed by atoms with Gasteiger partial charge in [0.1, 0.15) is 4.90 Å². The van der Waals surface area contributed by atoms with Crippen molar-refractivity contribution in [3.8, 4) is 0 Å². The fraction of sp³-hybridized carbons (Fsp3) is 0.0588. The molecule has 0 aromatic heterocycles. The molecule has 194 valence electrons. The lowest BCUT2D eigenvalue weighted by atomic mass is 10.1. The van der Waals surface area contributed by atoms with E-state index in [9.17, 15) is 57.4 Å². The van der Waals surface area contributed by atoms with Gasteiger partial charge in [0.25, 0.3) is 46.1 Å². The number of nitro benzene ring substituents is 1. The van der Waals surface area contributed by atoms with Gasteiger partial charge < -0.3 is 0 Å². The van der Waals surface area contributed by atoms with Crippen LogP contribution in [-0.4, -0.2) is 52.3 Å². The predicted molar refractivity (Wildman–Crippen MR) is 122 cm³/mol. The van der Waals surface area contributed by atoms with Crippen LogP contribution in [0.25, 0.3) is 10.8 Å². The largest absolute Gasteiger partial charge is 0.295 e. The molecule has 3 aromatic carbocycles. The molecular weight excluding hydrogens is 568 g/mol. The fourth-order valence-corrected chi connectivity index (χ4v) is 6.46. The number of benzene rings is 3. The van der Waals surface area contributed by atoms with Crippen molar-refractivity contribution >= 4 is 62.5 Å². The molecule has 0 heterocycles. The van der Waals surface area contributed by atoms with E-state index in [-0.39, 0.29) is 5.56 Å². The van der Waals surface area contributed by atoms with E-state index in [1.807, 2.05) is 4.72 Å². The number of aryl methyl sites for hydroxylation is 1. The number of sulfonamides is 1. The van der Waals surface area contributed by atoms with Crippen LogP contribution >= 0.6 is 0 Å². The smallest absolute Gasteiger partial charge is 0.282 e. The molecule has 0 amide bonds. The van der Waals surface area contributed by atoms with E-state index in [2.05, 4.69) is 0 Å². The first-order valence-corrected chi connectivity index (χ1v) is 14.8. The summed E-state index contributed by atoms with van der Waals surface area (Å²) in [6.45, 7) is 1.20. The molecule has 19 heteroatoms. The van der Waals surface area contributed by atoms with Crippen molar-refractivity contribution in [1.82, 2.24) is 0 Å². The molecule has 15 nitrogen and oxygen atoms in total. The number of nitro groups is 1. The van der Waals surface area contributed by atoms with E-state index in [0.29, 0.717) is 24.3 Å². The third-order valence-electron chi connectivity index (χ3n) is 4.74. The lowest BCUT2D eigenvalue weighted by molar-refractivity contribution is -0.385. The average Bonchev–Trinajstić information content (AvgIpc) is 2.70. The Bertz CT molecular complexity index is 1870. The summed E-state index contributed by atoms with van der Waals surface area (Å²) in [7, 11) is -20.3. The van der Waals surface area contributed by atoms with Crippen molar-refractivity contribution in [3.63, 3.8) is 0 Å². The van der Waals surface area contributed by atoms with Crippen molar-refractivity contribution in [1.29, 1.82) is 0 Å². The predicted octanol–water partition coefficient (Wildman–Crippen LogP) is 1.60. The van der Waals surface area contributed by atoms with Gasteiger partial charge in [-0.25, -0.2) is 8.42 Å². The average molecular weight is 583 g/mol. The summed E-state index contributed by atoms with van der Waals surface area (Å²) in [4.78, 5) is 6.26. The van der Waals surface area contributed by atoms with E-state index >= 15 is 0 Å². The first kappa shape index (κ1) is 27.4. The molecule has 0 aliphatic carbocycles. The third kappa shape index (κ3) is 5.46. The molecule has 0 aliphatic heterocycles. The minimum Gasteiger partial charge on any atom is -0.282 e. The maximum Gasteiger partial charge on any atom is 0.295 e. The van der Waals surface area contributed by atoms with Crippen molar-refractivity contribution in [2.24, 2.45) is 0 Å². The standard InChI is InChI=1S/C17H14N2O13S4/c1-9-4-11(19(20)21)2-3-15(9)33(22,23)18-14-7-12(34(24,25)26)5-10-6-13(35(27,28)29)8-16(17(10)14)36(30,31)32/h2-8,18H,1H3,(H,24,25,26)(H,27,28,29)(H,30,31,32). The van der Waals surface area contributed by atoms with Crippen molar-refractivity contribution in [2.75, 3.05) is 4.72 Å². The lowest BCUT2D eigenvalue weighted by Crippen LogP contribution is -2.16. The molecule has 0 aliphatic rings. The molecule has 0 atom stereocenters. The zero-order chi connectivity index (χ0) is 27.4. The molecule has 0 radical (unpaired) electrons. The summed E-state index contributed by atoms with van der Waals surface area (Å²) in [6.07, 6.45) is 0. The minimum atomic E-state index is -5.32. The summed E-state index contributed by atoms with van der Waals surface area (Å²) in [5, 5.41) is 9.58. The molecule has 0 fully saturated rings. The quantitative estimate of drug-likeness (QED) is 0.176. The Labute approximate surface area is 203 Å². The highest BCUT2D eigenvalue weighted by Crippen LogP contribution is 2.36. The molecule has 4 N–H and O–H groups in total. The van der Waals surface area contributed by atoms with E-state index in [4.69, 9.17) is 0 Å². The van der Waals surface area contributed by atoms with Gasteiger partial charge in [0.05, 0.1) is 25.3 Å². The normalized spacial score (nSPS) is 13.0. The van der Waals surface area contributed by atoms with E-state index in [1.165, 1.54) is 6.92 Å². The third-order valence-corrected chi connectivity index (χ3v) is 8.80. The Kier molecular flexibility index (Phi) is 6.64. The summed E-state index contributed by atoms with van der Waals surface area (Å²) in [5.41, 5.74) is -1.42. The molecule has 0 saturated carbocycles. The van der Waals surface area contributed by atoms with Crippen LogP contribution in [0.3, 0.4) is 0 Å². The number of nitrogens with one attached hydrogen (secondary N) is 1. The molecular formula is C17H14N2O13S4. The highest BCUT2D eigenvalue weighted by atomic mass is 32.2. The number of rotatable bonds is 7. The topological polar surface area (TPSA) is 252 Å². The number of non-ortho nitro benzene ring substituents is 1. The number of hydrogen-bond donors (Lipinski definition) is 4. The van der Waals surface area contributed by atoms with Crippen LogP contribution in [0.1, 0.15) is 5.56 Å². The highest BCUT2D eigenvalue weighted by Gasteiger charge is 2.27. The van der Waals surface area contributed by atoms with E-state index in [0.717, 1.165) is 18.2 Å². The van der Waals surface area contributed by atoms with Crippen LogP contribution in [0, 0.1) is 17.0 Å². The summed E-state index contributed by atoms with van der Waals surface area (Å²) >= 11 is 0. The highest BCUT2D eigenvalue weighted by molar-refractivity contribution is 7.92. The van der Waals surface area contributed by atoms with Crippen molar-refractivity contribution < 1.29 is 52.3 Å². The second kappa shape index (κ2) is 8.73. The molecule has 36 heavy (non-hydrogen) atoms. The zero-order valence-electron chi connectivity index (χ0n) is 17.5. The fourth-order valence-electron chi connectivity index (χ4n) is 3.25. The van der Waals surface area contributed by atoms with Gasteiger partial charge in [-0.2, -0.15) is 25.3 Å². The maximum absolute atomic E-state index is 13.1. The van der Waals surface area contributed by atoms with Crippen molar-refractivity contribution in [3.05, 3.63) is 58.1 Å². The summed E-state index contributed by atoms with van der Waals surface area (Å²) in [5.74, 6) is 0. The number of anilines is 1. The molecule has 0 bridgehead atoms. The van der Waals surface area contributed by atoms with Gasteiger partial charge in [-0.1, -0.05) is 0 Å². The molecule has 3 rings (SSSR count). The van der Waals surface area contributed by atoms with Gasteiger partial charge in [0.2, 0.25) is 0 Å². The second-order valence-electron chi connectivity index (χ2n) is 7.23. The van der Waals surface area contributed by atoms with Crippen LogP contribution in [0.2, 0.25) is 0 Å². The van der Waals surface area contributed by atoms with E-state index in [1.54, 1.807) is 0 Å². The second-order valence-corrected chi connectivity index (χ2v) is 13.1. The van der Waals surface area contributed by atoms with E-state index < -0.39 is 87.0 Å². The molecule has 3 aromatic rings. The van der Waals surface area contributed by atoms with Crippen LogP contribution in [-0.2, 0) is 40.4 Å².